The molecule has 2 unspecified atom stereocenters. The van der Waals surface area contributed by atoms with Gasteiger partial charge in [-0.05, 0) is 40.0 Å². The maximum Gasteiger partial charge on any atom is 0.0866 e. The van der Waals surface area contributed by atoms with Gasteiger partial charge in [0.15, 0.2) is 0 Å². The van der Waals surface area contributed by atoms with Gasteiger partial charge in [-0.25, -0.2) is 0 Å². The van der Waals surface area contributed by atoms with Crippen LogP contribution in [0.1, 0.15) is 74.1 Å². The van der Waals surface area contributed by atoms with E-state index in [4.69, 9.17) is 9.47 Å². The molecule has 0 bridgehead atoms. The predicted octanol–water partition coefficient (Wildman–Crippen LogP) is 4.42. The minimum Gasteiger partial charge on any atom is -0.396 e. The van der Waals surface area contributed by atoms with E-state index in [1.54, 1.807) is 0 Å². The summed E-state index contributed by atoms with van der Waals surface area (Å²) in [6.45, 7) is 16.2. The molecular formula is C18H38O3. The molecule has 0 fully saturated rings. The largest absolute Gasteiger partial charge is 0.396 e. The van der Waals surface area contributed by atoms with Crippen LogP contribution in [-0.4, -0.2) is 36.1 Å². The minimum atomic E-state index is -0.353. The van der Waals surface area contributed by atoms with Crippen LogP contribution >= 0.6 is 0 Å². The second-order valence-corrected chi connectivity index (χ2v) is 7.48. The molecule has 2 atom stereocenters. The average Bonchev–Trinajstić information content (AvgIpc) is 2.40. The van der Waals surface area contributed by atoms with Crippen LogP contribution in [0.2, 0.25) is 0 Å². The number of ether oxygens (including phenoxy) is 2. The second kappa shape index (κ2) is 9.81. The highest BCUT2D eigenvalue weighted by atomic mass is 16.6. The first-order valence-corrected chi connectivity index (χ1v) is 8.57. The Balaban J connectivity index is 4.23. The Bertz CT molecular complexity index is 261. The van der Waals surface area contributed by atoms with E-state index in [1.165, 1.54) is 25.7 Å². The smallest absolute Gasteiger partial charge is 0.0866 e. The number of hydrogen-bond donors (Lipinski definition) is 1. The van der Waals surface area contributed by atoms with Crippen molar-refractivity contribution in [3.63, 3.8) is 0 Å². The van der Waals surface area contributed by atoms with Crippen molar-refractivity contribution in [1.82, 2.24) is 0 Å². The maximum absolute atomic E-state index is 9.32. The number of aliphatic hydroxyl groups excluding tert-OH is 1. The standard InChI is InChI=1S/C18H38O3/c1-8-10-11-16(9-2)13-20-14-17(4,5)21-18(6,7)15(3)12-19/h15-16,19H,8-14H2,1-7H3. The number of rotatable bonds is 12. The average molecular weight is 302 g/mol. The molecule has 3 heteroatoms. The van der Waals surface area contributed by atoms with E-state index in [0.29, 0.717) is 12.5 Å². The van der Waals surface area contributed by atoms with Crippen LogP contribution in [0.5, 0.6) is 0 Å². The van der Waals surface area contributed by atoms with Gasteiger partial charge in [-0.15, -0.1) is 0 Å². The van der Waals surface area contributed by atoms with Gasteiger partial charge in [-0.2, -0.15) is 0 Å². The zero-order valence-electron chi connectivity index (χ0n) is 15.4. The topological polar surface area (TPSA) is 38.7 Å². The van der Waals surface area contributed by atoms with Crippen LogP contribution in [0.4, 0.5) is 0 Å². The van der Waals surface area contributed by atoms with Gasteiger partial charge in [0.2, 0.25) is 0 Å². The summed E-state index contributed by atoms with van der Waals surface area (Å²) in [7, 11) is 0. The summed E-state index contributed by atoms with van der Waals surface area (Å²) in [5.41, 5.74) is -0.691. The third-order valence-corrected chi connectivity index (χ3v) is 4.35. The van der Waals surface area contributed by atoms with E-state index in [1.807, 2.05) is 20.8 Å². The predicted molar refractivity (Wildman–Crippen MR) is 89.6 cm³/mol. The zero-order chi connectivity index (χ0) is 16.5. The van der Waals surface area contributed by atoms with Crippen molar-refractivity contribution in [2.45, 2.75) is 85.4 Å². The van der Waals surface area contributed by atoms with E-state index in [2.05, 4.69) is 27.7 Å². The first-order chi connectivity index (χ1) is 9.68. The van der Waals surface area contributed by atoms with E-state index in [9.17, 15) is 5.11 Å². The van der Waals surface area contributed by atoms with Crippen LogP contribution in [0.15, 0.2) is 0 Å². The molecule has 0 saturated heterocycles. The summed E-state index contributed by atoms with van der Waals surface area (Å²) in [6.07, 6.45) is 4.96. The van der Waals surface area contributed by atoms with Crippen molar-refractivity contribution in [2.75, 3.05) is 19.8 Å². The summed E-state index contributed by atoms with van der Waals surface area (Å²) >= 11 is 0. The molecule has 21 heavy (non-hydrogen) atoms. The molecule has 0 aliphatic heterocycles. The molecule has 0 aliphatic rings. The highest BCUT2D eigenvalue weighted by Gasteiger charge is 2.33. The summed E-state index contributed by atoms with van der Waals surface area (Å²) in [6, 6.07) is 0. The first kappa shape index (κ1) is 20.9. The lowest BCUT2D eigenvalue weighted by Crippen LogP contribution is -2.45. The fraction of sp³-hybridized carbons (Fsp3) is 1.00. The molecular weight excluding hydrogens is 264 g/mol. The highest BCUT2D eigenvalue weighted by Crippen LogP contribution is 2.27. The second-order valence-electron chi connectivity index (χ2n) is 7.48. The maximum atomic E-state index is 9.32. The molecule has 0 heterocycles. The molecule has 1 N–H and O–H groups in total. The minimum absolute atomic E-state index is 0.102. The fourth-order valence-electron chi connectivity index (χ4n) is 2.43. The van der Waals surface area contributed by atoms with Gasteiger partial charge in [-0.1, -0.05) is 40.0 Å². The molecule has 0 saturated carbocycles. The Morgan fingerprint density at radius 2 is 1.71 bits per heavy atom. The fourth-order valence-corrected chi connectivity index (χ4v) is 2.43. The molecule has 0 spiro atoms. The Morgan fingerprint density at radius 1 is 1.10 bits per heavy atom. The Kier molecular flexibility index (Phi) is 9.75. The van der Waals surface area contributed by atoms with Crippen LogP contribution < -0.4 is 0 Å². The number of hydrogen-bond acceptors (Lipinski definition) is 3. The van der Waals surface area contributed by atoms with Crippen molar-refractivity contribution in [1.29, 1.82) is 0 Å². The molecule has 3 nitrogen and oxygen atoms in total. The van der Waals surface area contributed by atoms with Crippen LogP contribution in [0.3, 0.4) is 0 Å². The summed E-state index contributed by atoms with van der Waals surface area (Å²) < 4.78 is 12.1. The van der Waals surface area contributed by atoms with E-state index in [0.717, 1.165) is 6.61 Å². The van der Waals surface area contributed by atoms with Gasteiger partial charge in [0.25, 0.3) is 0 Å². The molecule has 0 radical (unpaired) electrons. The van der Waals surface area contributed by atoms with E-state index < -0.39 is 0 Å². The Hall–Kier alpha value is -0.120. The summed E-state index contributed by atoms with van der Waals surface area (Å²) in [4.78, 5) is 0. The Morgan fingerprint density at radius 3 is 2.19 bits per heavy atom. The van der Waals surface area contributed by atoms with Crippen molar-refractivity contribution in [2.24, 2.45) is 11.8 Å². The quantitative estimate of drug-likeness (QED) is 0.580. The van der Waals surface area contributed by atoms with Crippen molar-refractivity contribution in [3.05, 3.63) is 0 Å². The van der Waals surface area contributed by atoms with Gasteiger partial charge < -0.3 is 14.6 Å². The van der Waals surface area contributed by atoms with Crippen molar-refractivity contribution in [3.8, 4) is 0 Å². The van der Waals surface area contributed by atoms with Gasteiger partial charge in [0.1, 0.15) is 0 Å². The lowest BCUT2D eigenvalue weighted by molar-refractivity contribution is -0.176. The lowest BCUT2D eigenvalue weighted by Gasteiger charge is -2.39. The highest BCUT2D eigenvalue weighted by molar-refractivity contribution is 4.81. The molecule has 128 valence electrons. The van der Waals surface area contributed by atoms with Crippen LogP contribution in [0, 0.1) is 11.8 Å². The molecule has 0 rings (SSSR count). The number of aliphatic hydroxyl groups is 1. The third kappa shape index (κ3) is 8.80. The number of unbranched alkanes of at least 4 members (excludes halogenated alkanes) is 1. The summed E-state index contributed by atoms with van der Waals surface area (Å²) in [5, 5.41) is 9.32. The monoisotopic (exact) mass is 302 g/mol. The summed E-state index contributed by atoms with van der Waals surface area (Å²) in [5.74, 6) is 0.759. The molecule has 0 aliphatic carbocycles. The van der Waals surface area contributed by atoms with Gasteiger partial charge >= 0.3 is 0 Å². The molecule has 0 amide bonds. The first-order valence-electron chi connectivity index (χ1n) is 8.57. The van der Waals surface area contributed by atoms with Gasteiger partial charge in [-0.3, -0.25) is 0 Å². The normalized spacial score (nSPS) is 16.0. The van der Waals surface area contributed by atoms with Gasteiger partial charge in [0, 0.05) is 19.1 Å². The SMILES string of the molecule is CCCCC(CC)COCC(C)(C)OC(C)(C)C(C)CO. The van der Waals surface area contributed by atoms with Crippen LogP contribution in [-0.2, 0) is 9.47 Å². The van der Waals surface area contributed by atoms with E-state index >= 15 is 0 Å². The third-order valence-electron chi connectivity index (χ3n) is 4.35. The lowest BCUT2D eigenvalue weighted by atomic mass is 9.92. The molecule has 0 aromatic heterocycles. The van der Waals surface area contributed by atoms with E-state index in [-0.39, 0.29) is 23.7 Å². The van der Waals surface area contributed by atoms with Crippen LogP contribution in [0.25, 0.3) is 0 Å². The molecule has 0 aromatic carbocycles. The zero-order valence-corrected chi connectivity index (χ0v) is 15.4. The molecule has 0 aromatic rings. The van der Waals surface area contributed by atoms with Crippen molar-refractivity contribution >= 4 is 0 Å². The van der Waals surface area contributed by atoms with Gasteiger partial charge in [0.05, 0.1) is 17.8 Å². The Labute approximate surface area is 132 Å². The van der Waals surface area contributed by atoms with Crippen molar-refractivity contribution < 1.29 is 14.6 Å².